The van der Waals surface area contributed by atoms with Gasteiger partial charge < -0.3 is 9.64 Å². The smallest absolute Gasteiger partial charge is 0.136 e. The molecule has 0 aromatic heterocycles. The predicted octanol–water partition coefficient (Wildman–Crippen LogP) is 4.98. The number of fused-ring (bicyclic) bond motifs is 3. The third-order valence-electron chi connectivity index (χ3n) is 5.09. The van der Waals surface area contributed by atoms with Crippen LogP contribution in [0.25, 0.3) is 11.8 Å². The summed E-state index contributed by atoms with van der Waals surface area (Å²) < 4.78 is 18.7. The molecular formula is C24H19FN2O. The summed E-state index contributed by atoms with van der Waals surface area (Å²) in [7, 11) is 0. The normalized spacial score (nSPS) is 14.8. The number of rotatable bonds is 4. The van der Waals surface area contributed by atoms with Gasteiger partial charge in [-0.2, -0.15) is 0 Å². The van der Waals surface area contributed by atoms with E-state index >= 15 is 0 Å². The summed E-state index contributed by atoms with van der Waals surface area (Å²) >= 11 is 0. The minimum Gasteiger partial charge on any atom is -0.489 e. The van der Waals surface area contributed by atoms with Crippen LogP contribution >= 0.6 is 0 Å². The standard InChI is InChI=1S/C24H19FN2O/c25-20-9-11-21(12-10-20)28-16-17-5-7-18(8-6-17)23-15-19-3-1-2-4-22(19)24-26-13-14-27(23)24/h1-12,15H,13-14,16H2. The SMILES string of the molecule is Fc1ccc(OCc2ccc(C3=Cc4ccccc4C4=NCCN34)cc2)cc1. The van der Waals surface area contributed by atoms with Gasteiger partial charge in [0, 0.05) is 12.1 Å². The highest BCUT2D eigenvalue weighted by Crippen LogP contribution is 2.33. The first-order chi connectivity index (χ1) is 13.8. The van der Waals surface area contributed by atoms with Crippen molar-refractivity contribution in [3.05, 3.63) is 101 Å². The molecule has 0 saturated heterocycles. The highest BCUT2D eigenvalue weighted by atomic mass is 19.1. The average molecular weight is 370 g/mol. The van der Waals surface area contributed by atoms with E-state index in [1.807, 2.05) is 0 Å². The third-order valence-corrected chi connectivity index (χ3v) is 5.09. The third kappa shape index (κ3) is 3.07. The maximum Gasteiger partial charge on any atom is 0.136 e. The molecule has 0 aliphatic carbocycles. The highest BCUT2D eigenvalue weighted by molar-refractivity contribution is 6.12. The number of nitrogens with zero attached hydrogens (tertiary/aromatic N) is 2. The summed E-state index contributed by atoms with van der Waals surface area (Å²) in [6, 6.07) is 22.9. The van der Waals surface area contributed by atoms with E-state index in [9.17, 15) is 4.39 Å². The number of benzene rings is 3. The summed E-state index contributed by atoms with van der Waals surface area (Å²) in [4.78, 5) is 7.01. The fourth-order valence-corrected chi connectivity index (χ4v) is 3.67. The maximum absolute atomic E-state index is 13.0. The molecule has 2 heterocycles. The van der Waals surface area contributed by atoms with Crippen molar-refractivity contribution in [1.29, 1.82) is 0 Å². The van der Waals surface area contributed by atoms with Crippen molar-refractivity contribution in [2.24, 2.45) is 4.99 Å². The number of amidine groups is 1. The number of hydrogen-bond acceptors (Lipinski definition) is 3. The lowest BCUT2D eigenvalue weighted by molar-refractivity contribution is 0.305. The molecule has 0 N–H and O–H groups in total. The molecule has 3 nitrogen and oxygen atoms in total. The zero-order valence-corrected chi connectivity index (χ0v) is 15.3. The minimum absolute atomic E-state index is 0.260. The molecule has 2 aliphatic heterocycles. The quantitative estimate of drug-likeness (QED) is 0.647. The summed E-state index contributed by atoms with van der Waals surface area (Å²) in [5.41, 5.74) is 5.82. The van der Waals surface area contributed by atoms with Crippen molar-refractivity contribution < 1.29 is 9.13 Å². The Morgan fingerprint density at radius 2 is 1.71 bits per heavy atom. The maximum atomic E-state index is 13.0. The van der Waals surface area contributed by atoms with Crippen LogP contribution in [-0.4, -0.2) is 23.8 Å². The fraction of sp³-hybridized carbons (Fsp3) is 0.125. The van der Waals surface area contributed by atoms with Gasteiger partial charge in [0.25, 0.3) is 0 Å². The molecular weight excluding hydrogens is 351 g/mol. The number of ether oxygens (including phenoxy) is 1. The van der Waals surface area contributed by atoms with Crippen molar-refractivity contribution in [3.63, 3.8) is 0 Å². The van der Waals surface area contributed by atoms with E-state index in [0.29, 0.717) is 12.4 Å². The number of halogens is 1. The summed E-state index contributed by atoms with van der Waals surface area (Å²) in [5, 5.41) is 0. The molecule has 3 aromatic rings. The van der Waals surface area contributed by atoms with E-state index < -0.39 is 0 Å². The van der Waals surface area contributed by atoms with Gasteiger partial charge in [-0.05, 0) is 47.0 Å². The average Bonchev–Trinajstić information content (AvgIpc) is 3.23. The van der Waals surface area contributed by atoms with Crippen LogP contribution in [0.2, 0.25) is 0 Å². The van der Waals surface area contributed by atoms with Crippen molar-refractivity contribution in [3.8, 4) is 5.75 Å². The molecule has 4 heteroatoms. The first-order valence-corrected chi connectivity index (χ1v) is 9.39. The van der Waals surface area contributed by atoms with E-state index in [0.717, 1.165) is 30.1 Å². The summed E-state index contributed by atoms with van der Waals surface area (Å²) in [5.74, 6) is 1.47. The van der Waals surface area contributed by atoms with E-state index in [1.165, 1.54) is 29.0 Å². The van der Waals surface area contributed by atoms with Crippen LogP contribution < -0.4 is 4.74 Å². The van der Waals surface area contributed by atoms with Gasteiger partial charge in [0.1, 0.15) is 24.0 Å². The molecule has 0 fully saturated rings. The first kappa shape index (κ1) is 16.8. The van der Waals surface area contributed by atoms with E-state index in [2.05, 4.69) is 59.5 Å². The van der Waals surface area contributed by atoms with Crippen LogP contribution in [0.5, 0.6) is 5.75 Å². The number of hydrogen-bond donors (Lipinski definition) is 0. The Hall–Kier alpha value is -3.40. The molecule has 0 amide bonds. The van der Waals surface area contributed by atoms with Crippen LogP contribution in [0.1, 0.15) is 22.3 Å². The highest BCUT2D eigenvalue weighted by Gasteiger charge is 2.28. The van der Waals surface area contributed by atoms with Crippen LogP contribution in [0.3, 0.4) is 0 Å². The first-order valence-electron chi connectivity index (χ1n) is 9.39. The minimum atomic E-state index is -0.260. The zero-order chi connectivity index (χ0) is 18.9. The second-order valence-electron chi connectivity index (χ2n) is 6.91. The topological polar surface area (TPSA) is 24.8 Å². The van der Waals surface area contributed by atoms with Gasteiger partial charge in [0.05, 0.1) is 12.2 Å². The van der Waals surface area contributed by atoms with Crippen molar-refractivity contribution in [2.45, 2.75) is 6.61 Å². The van der Waals surface area contributed by atoms with E-state index in [1.54, 1.807) is 12.1 Å². The molecule has 3 aromatic carbocycles. The molecule has 0 radical (unpaired) electrons. The molecule has 0 atom stereocenters. The molecule has 2 aliphatic rings. The second kappa shape index (κ2) is 6.97. The molecule has 0 unspecified atom stereocenters. The van der Waals surface area contributed by atoms with Crippen LogP contribution in [0, 0.1) is 5.82 Å². The lowest BCUT2D eigenvalue weighted by Crippen LogP contribution is -2.30. The largest absolute Gasteiger partial charge is 0.489 e. The Morgan fingerprint density at radius 3 is 2.54 bits per heavy atom. The zero-order valence-electron chi connectivity index (χ0n) is 15.3. The van der Waals surface area contributed by atoms with Gasteiger partial charge in [-0.3, -0.25) is 4.99 Å². The summed E-state index contributed by atoms with van der Waals surface area (Å²) in [6.07, 6.45) is 2.24. The van der Waals surface area contributed by atoms with Gasteiger partial charge in [-0.15, -0.1) is 0 Å². The molecule has 138 valence electrons. The molecule has 0 spiro atoms. The Bertz CT molecular complexity index is 1070. The van der Waals surface area contributed by atoms with E-state index in [4.69, 9.17) is 9.73 Å². The van der Waals surface area contributed by atoms with E-state index in [-0.39, 0.29) is 5.82 Å². The van der Waals surface area contributed by atoms with Gasteiger partial charge in [-0.25, -0.2) is 4.39 Å². The summed E-state index contributed by atoms with van der Waals surface area (Å²) in [6.45, 7) is 2.18. The monoisotopic (exact) mass is 370 g/mol. The van der Waals surface area contributed by atoms with Crippen molar-refractivity contribution in [2.75, 3.05) is 13.1 Å². The van der Waals surface area contributed by atoms with Gasteiger partial charge >= 0.3 is 0 Å². The molecule has 5 rings (SSSR count). The van der Waals surface area contributed by atoms with Crippen LogP contribution in [-0.2, 0) is 6.61 Å². The second-order valence-corrected chi connectivity index (χ2v) is 6.91. The van der Waals surface area contributed by atoms with Crippen LogP contribution in [0.15, 0.2) is 77.8 Å². The van der Waals surface area contributed by atoms with Crippen molar-refractivity contribution in [1.82, 2.24) is 4.90 Å². The van der Waals surface area contributed by atoms with Crippen molar-refractivity contribution >= 4 is 17.6 Å². The Kier molecular flexibility index (Phi) is 4.17. The Morgan fingerprint density at radius 1 is 0.929 bits per heavy atom. The lowest BCUT2D eigenvalue weighted by atomic mass is 9.97. The van der Waals surface area contributed by atoms with Gasteiger partial charge in [-0.1, -0.05) is 48.5 Å². The molecule has 0 saturated carbocycles. The fourth-order valence-electron chi connectivity index (χ4n) is 3.67. The van der Waals surface area contributed by atoms with Gasteiger partial charge in [0.2, 0.25) is 0 Å². The Balaban J connectivity index is 1.38. The Labute approximate surface area is 163 Å². The lowest BCUT2D eigenvalue weighted by Gasteiger charge is -2.29. The van der Waals surface area contributed by atoms with Gasteiger partial charge in [0.15, 0.2) is 0 Å². The predicted molar refractivity (Wildman–Crippen MR) is 110 cm³/mol. The number of aliphatic imine (C=N–C) groups is 1. The molecule has 0 bridgehead atoms. The van der Waals surface area contributed by atoms with Crippen LogP contribution in [0.4, 0.5) is 4.39 Å². The molecule has 28 heavy (non-hydrogen) atoms.